The van der Waals surface area contributed by atoms with E-state index < -0.39 is 23.3 Å². The Morgan fingerprint density at radius 2 is 1.87 bits per heavy atom. The van der Waals surface area contributed by atoms with Crippen molar-refractivity contribution in [2.45, 2.75) is 25.2 Å². The van der Waals surface area contributed by atoms with Crippen molar-refractivity contribution in [1.29, 1.82) is 0 Å². The Bertz CT molecular complexity index is 1010. The smallest absolute Gasteiger partial charge is 0.348 e. The molecule has 0 radical (unpaired) electrons. The maximum Gasteiger partial charge on any atom is 0.434 e. The van der Waals surface area contributed by atoms with Crippen LogP contribution in [0.1, 0.15) is 28.0 Å². The molecule has 10 heteroatoms. The molecule has 0 bridgehead atoms. The van der Waals surface area contributed by atoms with Gasteiger partial charge >= 0.3 is 6.18 Å². The lowest BCUT2D eigenvalue weighted by Crippen LogP contribution is -2.37. The van der Waals surface area contributed by atoms with Crippen LogP contribution in [-0.2, 0) is 12.7 Å². The van der Waals surface area contributed by atoms with Crippen molar-refractivity contribution in [3.05, 3.63) is 71.8 Å². The van der Waals surface area contributed by atoms with Crippen molar-refractivity contribution >= 4 is 5.91 Å². The first-order valence-corrected chi connectivity index (χ1v) is 9.41. The van der Waals surface area contributed by atoms with Crippen LogP contribution >= 0.6 is 0 Å². The van der Waals surface area contributed by atoms with Crippen molar-refractivity contribution in [2.75, 3.05) is 13.1 Å². The number of benzene rings is 1. The molecule has 156 valence electrons. The highest BCUT2D eigenvalue weighted by molar-refractivity contribution is 5.95. The van der Waals surface area contributed by atoms with Gasteiger partial charge in [-0.1, -0.05) is 30.3 Å². The number of rotatable bonds is 5. The zero-order chi connectivity index (χ0) is 21.1. The largest absolute Gasteiger partial charge is 0.434 e. The maximum atomic E-state index is 13.7. The molecule has 1 fully saturated rings. The molecule has 0 spiro atoms. The molecular formula is C20H19F3N6O. The van der Waals surface area contributed by atoms with Crippen LogP contribution in [0.3, 0.4) is 0 Å². The lowest BCUT2D eigenvalue weighted by Gasteiger charge is -2.17. The predicted octanol–water partition coefficient (Wildman–Crippen LogP) is 2.69. The van der Waals surface area contributed by atoms with Crippen LogP contribution < -0.4 is 5.32 Å². The van der Waals surface area contributed by atoms with Crippen LogP contribution in [0.4, 0.5) is 13.2 Å². The van der Waals surface area contributed by atoms with Crippen molar-refractivity contribution in [1.82, 2.24) is 30.0 Å². The van der Waals surface area contributed by atoms with E-state index in [0.29, 0.717) is 17.6 Å². The molecule has 1 aliphatic rings. The SMILES string of the molecule is O=C(NC1CCN(Cc2ccccc2)C1)c1cnn(-c2ncccn2)c1C(F)(F)F. The van der Waals surface area contributed by atoms with E-state index in [1.807, 2.05) is 30.3 Å². The minimum Gasteiger partial charge on any atom is -0.348 e. The lowest BCUT2D eigenvalue weighted by atomic mass is 10.2. The highest BCUT2D eigenvalue weighted by Crippen LogP contribution is 2.33. The molecule has 7 nitrogen and oxygen atoms in total. The van der Waals surface area contributed by atoms with Crippen LogP contribution in [0.5, 0.6) is 0 Å². The van der Waals surface area contributed by atoms with E-state index in [1.165, 1.54) is 18.5 Å². The second-order valence-corrected chi connectivity index (χ2v) is 7.04. The van der Waals surface area contributed by atoms with Gasteiger partial charge < -0.3 is 5.32 Å². The highest BCUT2D eigenvalue weighted by atomic mass is 19.4. The van der Waals surface area contributed by atoms with E-state index >= 15 is 0 Å². The van der Waals surface area contributed by atoms with Gasteiger partial charge in [0.25, 0.3) is 11.9 Å². The number of amides is 1. The normalized spacial score (nSPS) is 17.2. The fourth-order valence-electron chi connectivity index (χ4n) is 3.54. The summed E-state index contributed by atoms with van der Waals surface area (Å²) < 4.78 is 41.7. The van der Waals surface area contributed by atoms with Gasteiger partial charge in [0.2, 0.25) is 0 Å². The summed E-state index contributed by atoms with van der Waals surface area (Å²) in [5, 5.41) is 6.43. The van der Waals surface area contributed by atoms with Gasteiger partial charge in [0.1, 0.15) is 0 Å². The average Bonchev–Trinajstić information content (AvgIpc) is 3.36. The molecule has 1 atom stereocenters. The van der Waals surface area contributed by atoms with Gasteiger partial charge in [0.15, 0.2) is 5.69 Å². The van der Waals surface area contributed by atoms with E-state index in [4.69, 9.17) is 0 Å². The third-order valence-electron chi connectivity index (χ3n) is 4.88. The Balaban J connectivity index is 1.48. The summed E-state index contributed by atoms with van der Waals surface area (Å²) in [6.45, 7) is 2.05. The first-order chi connectivity index (χ1) is 14.4. The topological polar surface area (TPSA) is 75.9 Å². The predicted molar refractivity (Wildman–Crippen MR) is 102 cm³/mol. The van der Waals surface area contributed by atoms with Crippen LogP contribution in [0.2, 0.25) is 0 Å². The fourth-order valence-corrected chi connectivity index (χ4v) is 3.54. The average molecular weight is 416 g/mol. The van der Waals surface area contributed by atoms with Gasteiger partial charge in [0.05, 0.1) is 11.8 Å². The van der Waals surface area contributed by atoms with E-state index in [9.17, 15) is 18.0 Å². The summed E-state index contributed by atoms with van der Waals surface area (Å²) in [6.07, 6.45) is -0.605. The van der Waals surface area contributed by atoms with Gasteiger partial charge in [0, 0.05) is 38.1 Å². The molecular weight excluding hydrogens is 397 g/mol. The summed E-state index contributed by atoms with van der Waals surface area (Å²) in [6, 6.07) is 11.1. The van der Waals surface area contributed by atoms with Crippen molar-refractivity contribution in [3.8, 4) is 5.95 Å². The van der Waals surface area contributed by atoms with Gasteiger partial charge in [-0.2, -0.15) is 23.0 Å². The number of alkyl halides is 3. The standard InChI is InChI=1S/C20H19F3N6O/c21-20(22,23)17-16(11-26-29(17)19-24-8-4-9-25-19)18(30)27-15-7-10-28(13-15)12-14-5-2-1-3-6-14/h1-6,8-9,11,15H,7,10,12-13H2,(H,27,30). The zero-order valence-corrected chi connectivity index (χ0v) is 15.9. The van der Waals surface area contributed by atoms with E-state index in [-0.39, 0.29) is 12.0 Å². The van der Waals surface area contributed by atoms with Crippen LogP contribution in [-0.4, -0.2) is 49.7 Å². The number of nitrogens with one attached hydrogen (secondary N) is 1. The summed E-state index contributed by atoms with van der Waals surface area (Å²) >= 11 is 0. The molecule has 0 aliphatic carbocycles. The Labute approximate surface area is 170 Å². The van der Waals surface area contributed by atoms with E-state index in [2.05, 4.69) is 25.3 Å². The summed E-state index contributed by atoms with van der Waals surface area (Å²) in [5.41, 5.74) is -0.588. The Morgan fingerprint density at radius 1 is 1.13 bits per heavy atom. The zero-order valence-electron chi connectivity index (χ0n) is 15.9. The summed E-state index contributed by atoms with van der Waals surface area (Å²) in [7, 11) is 0. The quantitative estimate of drug-likeness (QED) is 0.692. The molecule has 1 unspecified atom stereocenters. The second kappa shape index (κ2) is 8.23. The van der Waals surface area contributed by atoms with E-state index in [0.717, 1.165) is 24.8 Å². The van der Waals surface area contributed by atoms with Crippen LogP contribution in [0, 0.1) is 0 Å². The van der Waals surface area contributed by atoms with Gasteiger partial charge in [-0.15, -0.1) is 0 Å². The number of hydrogen-bond acceptors (Lipinski definition) is 5. The lowest BCUT2D eigenvalue weighted by molar-refractivity contribution is -0.143. The number of hydrogen-bond donors (Lipinski definition) is 1. The number of nitrogens with zero attached hydrogens (tertiary/aromatic N) is 5. The molecule has 1 amide bonds. The summed E-state index contributed by atoms with van der Waals surface area (Å²) in [4.78, 5) is 22.4. The molecule has 3 heterocycles. The van der Waals surface area contributed by atoms with Gasteiger partial charge in [-0.25, -0.2) is 9.97 Å². The number of aromatic nitrogens is 4. The fraction of sp³-hybridized carbons (Fsp3) is 0.300. The van der Waals surface area contributed by atoms with Crippen molar-refractivity contribution in [2.24, 2.45) is 0 Å². The van der Waals surface area contributed by atoms with Crippen LogP contribution in [0.25, 0.3) is 5.95 Å². The minimum absolute atomic E-state index is 0.237. The maximum absolute atomic E-state index is 13.7. The minimum atomic E-state index is -4.79. The van der Waals surface area contributed by atoms with Crippen LogP contribution in [0.15, 0.2) is 55.0 Å². The Hall–Kier alpha value is -3.27. The summed E-state index contributed by atoms with van der Waals surface area (Å²) in [5.74, 6) is -1.06. The Morgan fingerprint density at radius 3 is 2.57 bits per heavy atom. The molecule has 1 N–H and O–H groups in total. The molecule has 1 aromatic carbocycles. The number of carbonyl (C=O) groups excluding carboxylic acids is 1. The number of halogens is 3. The third kappa shape index (κ3) is 4.33. The van der Waals surface area contributed by atoms with Crippen molar-refractivity contribution in [3.63, 3.8) is 0 Å². The van der Waals surface area contributed by atoms with Gasteiger partial charge in [-0.05, 0) is 18.1 Å². The molecule has 0 saturated carbocycles. The molecule has 3 aromatic rings. The highest BCUT2D eigenvalue weighted by Gasteiger charge is 2.41. The van der Waals surface area contributed by atoms with E-state index in [1.54, 1.807) is 0 Å². The first kappa shape index (κ1) is 20.0. The number of likely N-dealkylation sites (tertiary alicyclic amines) is 1. The second-order valence-electron chi connectivity index (χ2n) is 7.04. The third-order valence-corrected chi connectivity index (χ3v) is 4.88. The molecule has 1 saturated heterocycles. The molecule has 4 rings (SSSR count). The van der Waals surface area contributed by atoms with Crippen molar-refractivity contribution < 1.29 is 18.0 Å². The first-order valence-electron chi connectivity index (χ1n) is 9.41. The molecule has 30 heavy (non-hydrogen) atoms. The van der Waals surface area contributed by atoms with Gasteiger partial charge in [-0.3, -0.25) is 9.69 Å². The Kier molecular flexibility index (Phi) is 5.49. The molecule has 1 aliphatic heterocycles. The monoisotopic (exact) mass is 416 g/mol. The molecule has 2 aromatic heterocycles. The number of carbonyl (C=O) groups is 1.